The summed E-state index contributed by atoms with van der Waals surface area (Å²) in [6, 6.07) is 0. The third-order valence-electron chi connectivity index (χ3n) is 13.9. The van der Waals surface area contributed by atoms with Crippen LogP contribution in [0.25, 0.3) is 0 Å². The highest BCUT2D eigenvalue weighted by atomic mass is 16.7. The highest BCUT2D eigenvalue weighted by Crippen LogP contribution is 2.27. The van der Waals surface area contributed by atoms with Crippen LogP contribution in [0.1, 0.15) is 226 Å². The summed E-state index contributed by atoms with van der Waals surface area (Å²) >= 11 is 0. The van der Waals surface area contributed by atoms with E-state index in [1.54, 1.807) is 0 Å². The zero-order valence-corrected chi connectivity index (χ0v) is 45.2. The van der Waals surface area contributed by atoms with Gasteiger partial charge in [-0.2, -0.15) is 0 Å². The summed E-state index contributed by atoms with van der Waals surface area (Å²) in [5.41, 5.74) is 0. The lowest BCUT2D eigenvalue weighted by atomic mass is 9.98. The van der Waals surface area contributed by atoms with Crippen LogP contribution in [0.2, 0.25) is 0 Å². The fourth-order valence-corrected chi connectivity index (χ4v) is 9.13. The lowest BCUT2D eigenvalue weighted by Crippen LogP contribution is -2.61. The number of carbonyl (C=O) groups excluding carboxylic acids is 1. The van der Waals surface area contributed by atoms with E-state index in [-0.39, 0.29) is 25.6 Å². The number of unbranched alkanes of at least 4 members (excludes halogenated alkanes) is 27. The van der Waals surface area contributed by atoms with Crippen LogP contribution in [0, 0.1) is 0 Å². The predicted octanol–water partition coefficient (Wildman–Crippen LogP) is 10.1. The van der Waals surface area contributed by atoms with E-state index in [1.807, 2.05) is 0 Å². The Balaban J connectivity index is 1.66. The Bertz CT molecular complexity index is 1330. The van der Waals surface area contributed by atoms with Gasteiger partial charge in [-0.3, -0.25) is 4.79 Å². The molecule has 0 saturated carbocycles. The molecule has 422 valence electrons. The van der Waals surface area contributed by atoms with E-state index in [0.29, 0.717) is 13.0 Å². The van der Waals surface area contributed by atoms with Gasteiger partial charge in [0, 0.05) is 13.0 Å². The van der Waals surface area contributed by atoms with Crippen molar-refractivity contribution in [1.29, 1.82) is 0 Å². The standard InChI is InChI=1S/C58H106O14/c1-3-5-7-9-11-13-15-17-18-19-20-21-22-23-24-25-26-27-28-29-30-32-34-36-38-40-42-67-44-47(70-50(60)41-39-37-35-33-31-16-14-12-10-8-6-4-2)45-68-57-56(66)54(64)52(62)49(72-57)46-69-58-55(65)53(63)51(61)48(43-59)71-58/h12,14-15,17,19-20,47-49,51-59,61-66H,3-11,13,16,18,21-46H2,1-2H3/b14-12-,17-15-,20-19-. The molecule has 0 bridgehead atoms. The number of aliphatic hydroxyl groups excluding tert-OH is 7. The number of aliphatic hydroxyl groups is 7. The summed E-state index contributed by atoms with van der Waals surface area (Å²) in [6.07, 6.45) is 36.5. The zero-order valence-electron chi connectivity index (χ0n) is 45.2. The van der Waals surface area contributed by atoms with E-state index < -0.39 is 80.7 Å². The van der Waals surface area contributed by atoms with Gasteiger partial charge in [0.05, 0.1) is 26.4 Å². The third-order valence-corrected chi connectivity index (χ3v) is 13.9. The van der Waals surface area contributed by atoms with Gasteiger partial charge < -0.3 is 64.2 Å². The molecule has 14 heteroatoms. The van der Waals surface area contributed by atoms with E-state index in [1.165, 1.54) is 135 Å². The molecule has 2 heterocycles. The molecule has 7 N–H and O–H groups in total. The first-order chi connectivity index (χ1) is 35.1. The van der Waals surface area contributed by atoms with Crippen molar-refractivity contribution in [1.82, 2.24) is 0 Å². The van der Waals surface area contributed by atoms with Gasteiger partial charge in [0.2, 0.25) is 0 Å². The van der Waals surface area contributed by atoms with Crippen LogP contribution >= 0.6 is 0 Å². The molecule has 0 amide bonds. The third kappa shape index (κ3) is 31.9. The number of hydrogen-bond donors (Lipinski definition) is 7. The topological polar surface area (TPSA) is 214 Å². The minimum absolute atomic E-state index is 0.0597. The molecule has 2 aliphatic heterocycles. The summed E-state index contributed by atoms with van der Waals surface area (Å²) in [5, 5.41) is 72.2. The van der Waals surface area contributed by atoms with E-state index in [4.69, 9.17) is 28.4 Å². The molecule has 2 fully saturated rings. The fraction of sp³-hybridized carbons (Fsp3) is 0.879. The summed E-state index contributed by atoms with van der Waals surface area (Å²) in [7, 11) is 0. The van der Waals surface area contributed by atoms with E-state index >= 15 is 0 Å². The van der Waals surface area contributed by atoms with Crippen molar-refractivity contribution in [2.45, 2.75) is 293 Å². The van der Waals surface area contributed by atoms with E-state index in [0.717, 1.165) is 64.2 Å². The van der Waals surface area contributed by atoms with Crippen LogP contribution in [0.5, 0.6) is 0 Å². The van der Waals surface area contributed by atoms with Crippen molar-refractivity contribution in [3.63, 3.8) is 0 Å². The Labute approximate surface area is 436 Å². The molecular weight excluding hydrogens is 921 g/mol. The molecule has 0 aromatic carbocycles. The number of carbonyl (C=O) groups is 1. The van der Waals surface area contributed by atoms with Crippen molar-refractivity contribution in [3.8, 4) is 0 Å². The first kappa shape index (κ1) is 66.3. The van der Waals surface area contributed by atoms with Gasteiger partial charge in [-0.1, -0.05) is 185 Å². The first-order valence-corrected chi connectivity index (χ1v) is 29.1. The van der Waals surface area contributed by atoms with Crippen LogP contribution in [-0.4, -0.2) is 142 Å². The maximum absolute atomic E-state index is 13.0. The van der Waals surface area contributed by atoms with Crippen LogP contribution in [0.3, 0.4) is 0 Å². The lowest BCUT2D eigenvalue weighted by molar-refractivity contribution is -0.332. The highest BCUT2D eigenvalue weighted by molar-refractivity contribution is 5.69. The second-order valence-electron chi connectivity index (χ2n) is 20.5. The van der Waals surface area contributed by atoms with E-state index in [2.05, 4.69) is 50.3 Å². The number of hydrogen-bond acceptors (Lipinski definition) is 14. The largest absolute Gasteiger partial charge is 0.457 e. The van der Waals surface area contributed by atoms with Crippen molar-refractivity contribution in [3.05, 3.63) is 36.5 Å². The van der Waals surface area contributed by atoms with Gasteiger partial charge >= 0.3 is 5.97 Å². The monoisotopic (exact) mass is 1030 g/mol. The van der Waals surface area contributed by atoms with Gasteiger partial charge in [-0.25, -0.2) is 0 Å². The van der Waals surface area contributed by atoms with E-state index in [9.17, 15) is 40.5 Å². The van der Waals surface area contributed by atoms with Crippen molar-refractivity contribution in [2.24, 2.45) is 0 Å². The van der Waals surface area contributed by atoms with Crippen LogP contribution in [0.15, 0.2) is 36.5 Å². The summed E-state index contributed by atoms with van der Waals surface area (Å²) in [4.78, 5) is 13.0. The molecule has 0 spiro atoms. The molecule has 0 aromatic heterocycles. The summed E-state index contributed by atoms with van der Waals surface area (Å²) < 4.78 is 34.3. The Hall–Kier alpha value is -1.79. The molecule has 2 saturated heterocycles. The minimum Gasteiger partial charge on any atom is -0.457 e. The molecule has 2 aliphatic rings. The van der Waals surface area contributed by atoms with Crippen LogP contribution in [0.4, 0.5) is 0 Å². The molecule has 14 nitrogen and oxygen atoms in total. The number of ether oxygens (including phenoxy) is 6. The highest BCUT2D eigenvalue weighted by Gasteiger charge is 2.47. The second-order valence-corrected chi connectivity index (χ2v) is 20.5. The molecule has 72 heavy (non-hydrogen) atoms. The smallest absolute Gasteiger partial charge is 0.306 e. The Morgan fingerprint density at radius 2 is 0.861 bits per heavy atom. The number of rotatable bonds is 47. The first-order valence-electron chi connectivity index (χ1n) is 29.1. The van der Waals surface area contributed by atoms with Gasteiger partial charge in [-0.05, 0) is 70.6 Å². The Morgan fingerprint density at radius 1 is 0.458 bits per heavy atom. The Kier molecular flexibility index (Phi) is 41.8. The quantitative estimate of drug-likeness (QED) is 0.0172. The van der Waals surface area contributed by atoms with Crippen LogP contribution in [-0.2, 0) is 33.2 Å². The summed E-state index contributed by atoms with van der Waals surface area (Å²) in [6.45, 7) is 3.66. The lowest BCUT2D eigenvalue weighted by Gasteiger charge is -2.42. The van der Waals surface area contributed by atoms with Gasteiger partial charge in [0.1, 0.15) is 54.9 Å². The minimum atomic E-state index is -1.71. The molecular formula is C58H106O14. The normalized spacial score (nSPS) is 25.3. The maximum Gasteiger partial charge on any atom is 0.306 e. The van der Waals surface area contributed by atoms with Crippen molar-refractivity contribution >= 4 is 5.97 Å². The summed E-state index contributed by atoms with van der Waals surface area (Å²) in [5.74, 6) is -0.384. The SMILES string of the molecule is CCCCC/C=C\CCCCCCCC(=O)OC(COCCCCCCCCCCCCCCCC/C=C\C/C=C\CCCCCCC)COC1OC(COC2OC(CO)C(O)C(O)C2O)C(O)C(O)C1O. The molecule has 0 aliphatic carbocycles. The molecule has 11 unspecified atom stereocenters. The van der Waals surface area contributed by atoms with Gasteiger partial charge in [0.15, 0.2) is 12.6 Å². The molecule has 0 aromatic rings. The Morgan fingerprint density at radius 3 is 1.38 bits per heavy atom. The molecule has 11 atom stereocenters. The maximum atomic E-state index is 13.0. The number of allylic oxidation sites excluding steroid dienone is 6. The van der Waals surface area contributed by atoms with Gasteiger partial charge in [-0.15, -0.1) is 0 Å². The molecule has 0 radical (unpaired) electrons. The predicted molar refractivity (Wildman–Crippen MR) is 284 cm³/mol. The molecule has 2 rings (SSSR count). The van der Waals surface area contributed by atoms with Crippen molar-refractivity contribution in [2.75, 3.05) is 33.0 Å². The number of esters is 1. The fourth-order valence-electron chi connectivity index (χ4n) is 9.13. The average Bonchev–Trinajstić information content (AvgIpc) is 3.38. The zero-order chi connectivity index (χ0) is 52.3. The van der Waals surface area contributed by atoms with Crippen LogP contribution < -0.4 is 0 Å². The van der Waals surface area contributed by atoms with Gasteiger partial charge in [0.25, 0.3) is 0 Å². The second kappa shape index (κ2) is 45.4. The van der Waals surface area contributed by atoms with Crippen molar-refractivity contribution < 1.29 is 69.0 Å². The average molecular weight is 1030 g/mol.